The molecule has 0 unspecified atom stereocenters. The molecular formula is C22H48BrNO2S2. The summed E-state index contributed by atoms with van der Waals surface area (Å²) in [6, 6.07) is 0. The lowest BCUT2D eigenvalue weighted by Crippen LogP contribution is -3.00. The fourth-order valence-electron chi connectivity index (χ4n) is 3.88. The van der Waals surface area contributed by atoms with Crippen LogP contribution in [0.4, 0.5) is 0 Å². The smallest absolute Gasteiger partial charge is 0.198 e. The molecule has 0 aliphatic heterocycles. The summed E-state index contributed by atoms with van der Waals surface area (Å²) in [5.74, 6) is 0.752. The zero-order chi connectivity index (χ0) is 20.4. The van der Waals surface area contributed by atoms with Crippen LogP contribution in [0.2, 0.25) is 0 Å². The summed E-state index contributed by atoms with van der Waals surface area (Å²) < 4.78 is 23.7. The van der Waals surface area contributed by atoms with Gasteiger partial charge in [0.2, 0.25) is 0 Å². The highest BCUT2D eigenvalue weighted by Gasteiger charge is 2.25. The molecule has 28 heavy (non-hydrogen) atoms. The Morgan fingerprint density at radius 3 is 1.32 bits per heavy atom. The first kappa shape index (κ1) is 30.9. The highest BCUT2D eigenvalue weighted by molar-refractivity contribution is 8.71. The fourth-order valence-corrected chi connectivity index (χ4v) is 5.76. The van der Waals surface area contributed by atoms with Crippen molar-refractivity contribution in [2.75, 3.05) is 38.2 Å². The molecule has 0 saturated carbocycles. The first-order chi connectivity index (χ1) is 12.9. The minimum atomic E-state index is -2.87. The molecular weight excluding hydrogens is 454 g/mol. The van der Waals surface area contributed by atoms with Gasteiger partial charge in [0, 0.05) is 12.0 Å². The van der Waals surface area contributed by atoms with Crippen molar-refractivity contribution >= 4 is 19.7 Å². The molecule has 0 aromatic rings. The number of nitrogens with zero attached hydrogens (tertiary/aromatic N) is 1. The number of quaternary nitrogens is 1. The van der Waals surface area contributed by atoms with Gasteiger partial charge in [-0.3, -0.25) is 0 Å². The quantitative estimate of drug-likeness (QED) is 0.145. The Morgan fingerprint density at radius 2 is 0.964 bits per heavy atom. The Kier molecular flexibility index (Phi) is 21.7. The molecule has 0 aliphatic carbocycles. The molecule has 0 radical (unpaired) electrons. The van der Waals surface area contributed by atoms with Gasteiger partial charge in [-0.15, -0.1) is 0 Å². The molecule has 6 heteroatoms. The van der Waals surface area contributed by atoms with E-state index in [2.05, 4.69) is 20.8 Å². The van der Waals surface area contributed by atoms with Crippen LogP contribution < -0.4 is 17.0 Å². The third-order valence-electron chi connectivity index (χ3n) is 5.53. The standard InChI is InChI=1S/C22H48NO2S2.BrH/c1-5-8-13-18-23(19-14-9-6-2,20-15-10-7-3)21-16-11-12-17-22-26-27(4,24)25;/h5-22H2,1-4H3;1H/q+1;/p-1. The van der Waals surface area contributed by atoms with Crippen LogP contribution in [0, 0.1) is 0 Å². The normalized spacial score (nSPS) is 12.1. The van der Waals surface area contributed by atoms with Crippen LogP contribution in [0.15, 0.2) is 0 Å². The molecule has 0 aliphatic rings. The lowest BCUT2D eigenvalue weighted by molar-refractivity contribution is -0.929. The molecule has 3 nitrogen and oxygen atoms in total. The molecule has 0 fully saturated rings. The maximum Gasteiger partial charge on any atom is 0.198 e. The molecule has 0 N–H and O–H groups in total. The van der Waals surface area contributed by atoms with E-state index in [-0.39, 0.29) is 17.0 Å². The van der Waals surface area contributed by atoms with Crippen molar-refractivity contribution in [3.63, 3.8) is 0 Å². The zero-order valence-electron chi connectivity index (χ0n) is 19.2. The van der Waals surface area contributed by atoms with Gasteiger partial charge in [0.1, 0.15) is 0 Å². The molecule has 0 aromatic carbocycles. The molecule has 0 rings (SSSR count). The third-order valence-corrected chi connectivity index (χ3v) is 8.20. The lowest BCUT2D eigenvalue weighted by Gasteiger charge is -2.39. The van der Waals surface area contributed by atoms with E-state index >= 15 is 0 Å². The second-order valence-electron chi connectivity index (χ2n) is 8.30. The largest absolute Gasteiger partial charge is 1.00 e. The van der Waals surface area contributed by atoms with Crippen LogP contribution in [-0.4, -0.2) is 51.1 Å². The monoisotopic (exact) mass is 501 g/mol. The molecule has 0 bridgehead atoms. The number of halogens is 1. The van der Waals surface area contributed by atoms with Gasteiger partial charge in [-0.05, 0) is 68.6 Å². The molecule has 0 spiro atoms. The van der Waals surface area contributed by atoms with Crippen LogP contribution in [0.1, 0.15) is 104 Å². The number of hydrogen-bond donors (Lipinski definition) is 0. The number of hydrogen-bond acceptors (Lipinski definition) is 3. The van der Waals surface area contributed by atoms with Crippen LogP contribution in [0.25, 0.3) is 0 Å². The van der Waals surface area contributed by atoms with Crippen molar-refractivity contribution in [3.8, 4) is 0 Å². The summed E-state index contributed by atoms with van der Waals surface area (Å²) in [4.78, 5) is 0. The first-order valence-electron chi connectivity index (χ1n) is 11.6. The Labute approximate surface area is 191 Å². The average molecular weight is 503 g/mol. The zero-order valence-corrected chi connectivity index (χ0v) is 22.4. The van der Waals surface area contributed by atoms with Crippen molar-refractivity contribution < 1.29 is 29.9 Å². The molecule has 0 heterocycles. The maximum absolute atomic E-state index is 11.2. The van der Waals surface area contributed by atoms with Gasteiger partial charge >= 0.3 is 0 Å². The van der Waals surface area contributed by atoms with Crippen molar-refractivity contribution in [2.24, 2.45) is 0 Å². The van der Waals surface area contributed by atoms with Crippen molar-refractivity contribution in [1.82, 2.24) is 0 Å². The van der Waals surface area contributed by atoms with E-state index < -0.39 is 8.87 Å². The lowest BCUT2D eigenvalue weighted by atomic mass is 10.1. The van der Waals surface area contributed by atoms with Crippen molar-refractivity contribution in [3.05, 3.63) is 0 Å². The fraction of sp³-hybridized carbons (Fsp3) is 1.00. The highest BCUT2D eigenvalue weighted by Crippen LogP contribution is 2.19. The second-order valence-corrected chi connectivity index (χ2v) is 12.9. The Hall–Kier alpha value is 0.740. The summed E-state index contributed by atoms with van der Waals surface area (Å²) in [5.41, 5.74) is 0. The first-order valence-corrected chi connectivity index (χ1v) is 15.0. The number of unbranched alkanes of at least 4 members (excludes halogenated alkanes) is 9. The van der Waals surface area contributed by atoms with Crippen LogP contribution in [0.5, 0.6) is 0 Å². The van der Waals surface area contributed by atoms with E-state index in [0.29, 0.717) is 0 Å². The van der Waals surface area contributed by atoms with E-state index in [9.17, 15) is 8.42 Å². The van der Waals surface area contributed by atoms with E-state index in [1.54, 1.807) is 0 Å². The minimum absolute atomic E-state index is 0. The third kappa shape index (κ3) is 18.7. The molecule has 0 amide bonds. The summed E-state index contributed by atoms with van der Waals surface area (Å²) in [5, 5.41) is 0. The molecule has 172 valence electrons. The van der Waals surface area contributed by atoms with Crippen molar-refractivity contribution in [1.29, 1.82) is 0 Å². The van der Waals surface area contributed by atoms with Gasteiger partial charge in [-0.1, -0.05) is 46.5 Å². The maximum atomic E-state index is 11.2. The van der Waals surface area contributed by atoms with Crippen LogP contribution in [0.3, 0.4) is 0 Å². The van der Waals surface area contributed by atoms with Gasteiger partial charge < -0.3 is 21.5 Å². The van der Waals surface area contributed by atoms with E-state index in [1.165, 1.54) is 114 Å². The number of rotatable bonds is 20. The van der Waals surface area contributed by atoms with E-state index in [1.807, 2.05) is 0 Å². The molecule has 0 atom stereocenters. The predicted octanol–water partition coefficient (Wildman–Crippen LogP) is 3.63. The van der Waals surface area contributed by atoms with Gasteiger partial charge in [-0.25, -0.2) is 8.42 Å². The summed E-state index contributed by atoms with van der Waals surface area (Å²) in [7, 11) is -1.76. The average Bonchev–Trinajstić information content (AvgIpc) is 2.60. The van der Waals surface area contributed by atoms with Crippen LogP contribution in [-0.2, 0) is 8.87 Å². The van der Waals surface area contributed by atoms with Crippen molar-refractivity contribution in [2.45, 2.75) is 104 Å². The second kappa shape index (κ2) is 19.7. The molecule has 0 aromatic heterocycles. The summed E-state index contributed by atoms with van der Waals surface area (Å²) in [6.07, 6.45) is 18.2. The van der Waals surface area contributed by atoms with Gasteiger partial charge in [0.25, 0.3) is 0 Å². The van der Waals surface area contributed by atoms with Gasteiger partial charge in [0.15, 0.2) is 8.87 Å². The highest BCUT2D eigenvalue weighted by atomic mass is 79.9. The Balaban J connectivity index is 0. The minimum Gasteiger partial charge on any atom is -1.00 e. The summed E-state index contributed by atoms with van der Waals surface area (Å²) >= 11 is 0. The Morgan fingerprint density at radius 1 is 0.607 bits per heavy atom. The molecule has 0 saturated heterocycles. The topological polar surface area (TPSA) is 34.1 Å². The SMILES string of the molecule is CCCCC[N+](CCCCC)(CCCCC)CCCCCCSS(C)(=O)=O.[Br-]. The predicted molar refractivity (Wildman–Crippen MR) is 124 cm³/mol. The summed E-state index contributed by atoms with van der Waals surface area (Å²) in [6.45, 7) is 12.3. The van der Waals surface area contributed by atoms with Gasteiger partial charge in [0.05, 0.1) is 26.2 Å². The van der Waals surface area contributed by atoms with E-state index in [0.717, 1.165) is 23.0 Å². The van der Waals surface area contributed by atoms with Crippen LogP contribution >= 0.6 is 10.8 Å². The van der Waals surface area contributed by atoms with Gasteiger partial charge in [-0.2, -0.15) is 0 Å². The Bertz CT molecular complexity index is 404. The van der Waals surface area contributed by atoms with E-state index in [4.69, 9.17) is 0 Å².